The van der Waals surface area contributed by atoms with Crippen LogP contribution in [-0.4, -0.2) is 6.04 Å². The summed E-state index contributed by atoms with van der Waals surface area (Å²) in [6.45, 7) is 2.16. The average Bonchev–Trinajstić information content (AvgIpc) is 2.45. The molecule has 0 aliphatic heterocycles. The lowest BCUT2D eigenvalue weighted by atomic mass is 9.60. The van der Waals surface area contributed by atoms with Crippen LogP contribution in [0.15, 0.2) is 54.6 Å². The van der Waals surface area contributed by atoms with E-state index in [0.717, 1.165) is 0 Å². The molecule has 0 amide bonds. The second-order valence-corrected chi connectivity index (χ2v) is 6.52. The van der Waals surface area contributed by atoms with E-state index in [1.807, 2.05) is 0 Å². The largest absolute Gasteiger partial charge is 0.327 e. The van der Waals surface area contributed by atoms with Gasteiger partial charge in [-0.2, -0.15) is 0 Å². The summed E-state index contributed by atoms with van der Waals surface area (Å²) >= 11 is 0. The Balaban J connectivity index is 1.93. The molecule has 0 saturated heterocycles. The monoisotopic (exact) mass is 275 g/mol. The van der Waals surface area contributed by atoms with E-state index in [0.29, 0.717) is 0 Å². The van der Waals surface area contributed by atoms with Gasteiger partial charge >= 0.3 is 0 Å². The fourth-order valence-corrected chi connectivity index (χ4v) is 3.89. The molecule has 3 aromatic rings. The van der Waals surface area contributed by atoms with E-state index in [2.05, 4.69) is 61.5 Å². The first-order chi connectivity index (χ1) is 10.2. The second-order valence-electron chi connectivity index (χ2n) is 6.52. The Morgan fingerprint density at radius 1 is 0.905 bits per heavy atom. The Hall–Kier alpha value is -1.86. The number of hydrogen-bond donors (Lipinski definition) is 1. The summed E-state index contributed by atoms with van der Waals surface area (Å²) in [6.07, 6.45) is 3.75. The maximum absolute atomic E-state index is 6.30. The van der Waals surface area contributed by atoms with E-state index in [-0.39, 0.29) is 11.5 Å². The number of hydrogen-bond acceptors (Lipinski definition) is 1. The highest BCUT2D eigenvalue weighted by Gasteiger charge is 2.41. The third-order valence-corrected chi connectivity index (χ3v) is 5.44. The van der Waals surface area contributed by atoms with Gasteiger partial charge in [-0.1, -0.05) is 61.0 Å². The van der Waals surface area contributed by atoms with Crippen molar-refractivity contribution in [1.82, 2.24) is 0 Å². The van der Waals surface area contributed by atoms with Gasteiger partial charge in [-0.3, -0.25) is 0 Å². The first-order valence-corrected chi connectivity index (χ1v) is 7.88. The average molecular weight is 275 g/mol. The lowest BCUT2D eigenvalue weighted by molar-refractivity contribution is 0.205. The summed E-state index contributed by atoms with van der Waals surface area (Å²) in [5.41, 5.74) is 7.93. The zero-order valence-corrected chi connectivity index (χ0v) is 12.5. The molecule has 106 valence electrons. The first kappa shape index (κ1) is 12.8. The van der Waals surface area contributed by atoms with Crippen molar-refractivity contribution in [2.45, 2.75) is 37.6 Å². The lowest BCUT2D eigenvalue weighted by Gasteiger charge is -2.46. The van der Waals surface area contributed by atoms with Crippen LogP contribution in [0.2, 0.25) is 0 Å². The van der Waals surface area contributed by atoms with Crippen molar-refractivity contribution in [2.24, 2.45) is 5.73 Å². The fraction of sp³-hybridized carbons (Fsp3) is 0.300. The molecule has 1 aliphatic carbocycles. The van der Waals surface area contributed by atoms with Crippen LogP contribution in [0.5, 0.6) is 0 Å². The molecule has 0 bridgehead atoms. The maximum atomic E-state index is 6.30. The highest BCUT2D eigenvalue weighted by atomic mass is 14.7. The van der Waals surface area contributed by atoms with Crippen molar-refractivity contribution in [3.8, 4) is 0 Å². The van der Waals surface area contributed by atoms with Crippen LogP contribution in [0, 0.1) is 0 Å². The minimum atomic E-state index is 0.208. The normalized spacial score (nSPS) is 18.6. The molecule has 0 radical (unpaired) electrons. The molecule has 1 atom stereocenters. The van der Waals surface area contributed by atoms with Gasteiger partial charge in [0, 0.05) is 11.5 Å². The van der Waals surface area contributed by atoms with Crippen molar-refractivity contribution in [3.05, 3.63) is 60.2 Å². The van der Waals surface area contributed by atoms with E-state index in [1.54, 1.807) is 0 Å². The molecule has 0 aromatic heterocycles. The van der Waals surface area contributed by atoms with Gasteiger partial charge in [0.05, 0.1) is 0 Å². The van der Waals surface area contributed by atoms with Crippen LogP contribution in [0.25, 0.3) is 21.5 Å². The molecule has 21 heavy (non-hydrogen) atoms. The maximum Gasteiger partial charge on any atom is 0.0108 e. The van der Waals surface area contributed by atoms with Crippen LogP contribution >= 0.6 is 0 Å². The van der Waals surface area contributed by atoms with Crippen LogP contribution < -0.4 is 5.73 Å². The highest BCUT2D eigenvalue weighted by Crippen LogP contribution is 2.46. The zero-order valence-electron chi connectivity index (χ0n) is 12.5. The molecule has 1 heteroatoms. The molecule has 1 nitrogen and oxygen atoms in total. The van der Waals surface area contributed by atoms with E-state index in [4.69, 9.17) is 5.73 Å². The molecule has 4 rings (SSSR count). The third kappa shape index (κ3) is 1.81. The molecule has 3 aromatic carbocycles. The summed E-state index contributed by atoms with van der Waals surface area (Å²) in [7, 11) is 0. The van der Waals surface area contributed by atoms with Crippen molar-refractivity contribution in [2.75, 3.05) is 0 Å². The minimum Gasteiger partial charge on any atom is -0.327 e. The van der Waals surface area contributed by atoms with Crippen molar-refractivity contribution < 1.29 is 0 Å². The van der Waals surface area contributed by atoms with Crippen molar-refractivity contribution in [1.29, 1.82) is 0 Å². The number of benzene rings is 3. The highest BCUT2D eigenvalue weighted by molar-refractivity contribution is 6.07. The molecule has 1 saturated carbocycles. The van der Waals surface area contributed by atoms with E-state index >= 15 is 0 Å². The van der Waals surface area contributed by atoms with E-state index in [1.165, 1.54) is 46.4 Å². The molecular weight excluding hydrogens is 254 g/mol. The predicted molar refractivity (Wildman–Crippen MR) is 90.6 cm³/mol. The molecule has 1 unspecified atom stereocenters. The van der Waals surface area contributed by atoms with Crippen molar-refractivity contribution in [3.63, 3.8) is 0 Å². The van der Waals surface area contributed by atoms with Crippen LogP contribution in [0.1, 0.15) is 31.7 Å². The van der Waals surface area contributed by atoms with E-state index in [9.17, 15) is 0 Å². The second kappa shape index (κ2) is 4.57. The first-order valence-electron chi connectivity index (χ1n) is 7.88. The minimum absolute atomic E-state index is 0.208. The van der Waals surface area contributed by atoms with Gasteiger partial charge in [-0.15, -0.1) is 0 Å². The molecule has 2 N–H and O–H groups in total. The standard InChI is InChI=1S/C20H21N/c1-14(21)20(11-4-12-20)17-9-10-19-16(13-17)8-7-15-5-2-3-6-18(15)19/h2-3,5-10,13-14H,4,11-12,21H2,1H3. The molecule has 1 aliphatic rings. The Morgan fingerprint density at radius 3 is 2.33 bits per heavy atom. The smallest absolute Gasteiger partial charge is 0.0108 e. The SMILES string of the molecule is CC(N)C1(c2ccc3c(ccc4ccccc43)c2)CCC1. The van der Waals surface area contributed by atoms with Crippen LogP contribution in [0.4, 0.5) is 0 Å². The van der Waals surface area contributed by atoms with Gasteiger partial charge in [0.1, 0.15) is 0 Å². The summed E-state index contributed by atoms with van der Waals surface area (Å²) in [6, 6.07) is 20.3. The molecule has 0 heterocycles. The quantitative estimate of drug-likeness (QED) is 0.670. The summed E-state index contributed by atoms with van der Waals surface area (Å²) in [5.74, 6) is 0. The summed E-state index contributed by atoms with van der Waals surface area (Å²) in [5, 5.41) is 5.32. The summed E-state index contributed by atoms with van der Waals surface area (Å²) in [4.78, 5) is 0. The number of fused-ring (bicyclic) bond motifs is 3. The Labute approximate surface area is 125 Å². The number of rotatable bonds is 2. The van der Waals surface area contributed by atoms with E-state index < -0.39 is 0 Å². The van der Waals surface area contributed by atoms with Gasteiger partial charge in [-0.25, -0.2) is 0 Å². The van der Waals surface area contributed by atoms with Gasteiger partial charge < -0.3 is 5.73 Å². The molecule has 0 spiro atoms. The molecule has 1 fully saturated rings. The van der Waals surface area contributed by atoms with Crippen molar-refractivity contribution >= 4 is 21.5 Å². The third-order valence-electron chi connectivity index (χ3n) is 5.44. The zero-order chi connectivity index (χ0) is 14.4. The molecular formula is C20H21N. The Morgan fingerprint density at radius 2 is 1.62 bits per heavy atom. The van der Waals surface area contributed by atoms with Crippen LogP contribution in [0.3, 0.4) is 0 Å². The summed E-state index contributed by atoms with van der Waals surface area (Å²) < 4.78 is 0. The fourth-order valence-electron chi connectivity index (χ4n) is 3.89. The van der Waals surface area contributed by atoms with Gasteiger partial charge in [0.25, 0.3) is 0 Å². The topological polar surface area (TPSA) is 26.0 Å². The Kier molecular flexibility index (Phi) is 2.80. The Bertz CT molecular complexity index is 812. The lowest BCUT2D eigenvalue weighted by Crippen LogP contribution is -2.48. The van der Waals surface area contributed by atoms with Crippen LogP contribution in [-0.2, 0) is 5.41 Å². The number of nitrogens with two attached hydrogens (primary N) is 1. The van der Waals surface area contributed by atoms with Gasteiger partial charge in [0.2, 0.25) is 0 Å². The predicted octanol–water partition coefficient (Wildman–Crippen LogP) is 4.76. The van der Waals surface area contributed by atoms with Gasteiger partial charge in [-0.05, 0) is 46.9 Å². The van der Waals surface area contributed by atoms with Gasteiger partial charge in [0.15, 0.2) is 0 Å².